The number of fused-ring (bicyclic) bond motifs is 1. The molecule has 0 bridgehead atoms. The van der Waals surface area contributed by atoms with Crippen molar-refractivity contribution in [2.24, 2.45) is 7.05 Å². The molecule has 0 aliphatic carbocycles. The van der Waals surface area contributed by atoms with Crippen LogP contribution in [0.3, 0.4) is 0 Å². The Kier molecular flexibility index (Phi) is 5.88. The fraction of sp³-hybridized carbons (Fsp3) is 0.250. The highest BCUT2D eigenvalue weighted by atomic mass is 16.5. The highest BCUT2D eigenvalue weighted by Crippen LogP contribution is 2.33. The number of benzene rings is 3. The molecule has 0 spiro atoms. The number of aromatic nitrogens is 1. The van der Waals surface area contributed by atoms with Crippen LogP contribution >= 0.6 is 0 Å². The van der Waals surface area contributed by atoms with Crippen LogP contribution in [0, 0.1) is 0 Å². The molecule has 0 unspecified atom stereocenters. The Morgan fingerprint density at radius 3 is 2.27 bits per heavy atom. The first kappa shape index (κ1) is 21.3. The van der Waals surface area contributed by atoms with Crippen LogP contribution in [0.15, 0.2) is 78.9 Å². The zero-order chi connectivity index (χ0) is 22.8. The number of nitrogens with one attached hydrogen (secondary N) is 1. The second-order valence-electron chi connectivity index (χ2n) is 8.70. The van der Waals surface area contributed by atoms with Crippen molar-refractivity contribution >= 4 is 22.4 Å². The van der Waals surface area contributed by atoms with Gasteiger partial charge >= 0.3 is 0 Å². The van der Waals surface area contributed by atoms with Crippen molar-refractivity contribution in [3.05, 3.63) is 84.4 Å². The van der Waals surface area contributed by atoms with Crippen LogP contribution in [-0.4, -0.2) is 50.2 Å². The highest BCUT2D eigenvalue weighted by molar-refractivity contribution is 6.14. The lowest BCUT2D eigenvalue weighted by Gasteiger charge is -2.33. The monoisotopic (exact) mass is 440 g/mol. The molecule has 1 N–H and O–H groups in total. The van der Waals surface area contributed by atoms with Gasteiger partial charge in [0.05, 0.1) is 44.5 Å². The third-order valence-electron chi connectivity index (χ3n) is 6.75. The molecule has 1 aliphatic heterocycles. The predicted molar refractivity (Wildman–Crippen MR) is 133 cm³/mol. The van der Waals surface area contributed by atoms with E-state index < -0.39 is 0 Å². The number of anilines is 1. The van der Waals surface area contributed by atoms with Gasteiger partial charge in [-0.3, -0.25) is 4.79 Å². The van der Waals surface area contributed by atoms with Crippen molar-refractivity contribution in [1.29, 1.82) is 0 Å². The summed E-state index contributed by atoms with van der Waals surface area (Å²) >= 11 is 0. The summed E-state index contributed by atoms with van der Waals surface area (Å²) in [5.41, 5.74) is 5.25. The third kappa shape index (κ3) is 4.12. The molecule has 0 saturated carbocycles. The Morgan fingerprint density at radius 1 is 0.909 bits per heavy atom. The molecule has 1 aromatic heterocycles. The molecule has 2 heterocycles. The van der Waals surface area contributed by atoms with Crippen LogP contribution in [-0.2, 0) is 7.05 Å². The summed E-state index contributed by atoms with van der Waals surface area (Å²) in [5.74, 6) is 1.09. The lowest BCUT2D eigenvalue weighted by atomic mass is 10.0. The van der Waals surface area contributed by atoms with E-state index in [1.54, 1.807) is 7.11 Å². The van der Waals surface area contributed by atoms with Gasteiger partial charge in [-0.2, -0.15) is 0 Å². The summed E-state index contributed by atoms with van der Waals surface area (Å²) in [6, 6.07) is 26.7. The maximum Gasteiger partial charge on any atom is 0.219 e. The molecule has 0 amide bonds. The molecule has 4 aromatic rings. The largest absolute Gasteiger partial charge is 0.497 e. The Bertz CT molecular complexity index is 1250. The zero-order valence-corrected chi connectivity index (χ0v) is 19.3. The number of carbonyl (C=O) groups excluding carboxylic acids is 1. The fourth-order valence-electron chi connectivity index (χ4n) is 4.98. The van der Waals surface area contributed by atoms with E-state index in [1.807, 2.05) is 42.5 Å². The number of Topliss-reactive ketones (excluding diaryl/α,β-unsaturated/α-hetero) is 1. The summed E-state index contributed by atoms with van der Waals surface area (Å²) in [6.45, 7) is 4.29. The van der Waals surface area contributed by atoms with Gasteiger partial charge in [-0.05, 0) is 35.9 Å². The lowest BCUT2D eigenvalue weighted by molar-refractivity contribution is -0.892. The molecular formula is C28H30N3O2+. The molecule has 1 saturated heterocycles. The average molecular weight is 441 g/mol. The zero-order valence-electron chi connectivity index (χ0n) is 19.3. The van der Waals surface area contributed by atoms with Crippen molar-refractivity contribution in [1.82, 2.24) is 4.57 Å². The van der Waals surface area contributed by atoms with E-state index in [1.165, 1.54) is 10.6 Å². The van der Waals surface area contributed by atoms with Crippen LogP contribution in [0.25, 0.3) is 22.2 Å². The maximum atomic E-state index is 13.7. The van der Waals surface area contributed by atoms with Gasteiger partial charge in [0.1, 0.15) is 12.3 Å². The number of quaternary nitrogens is 1. The van der Waals surface area contributed by atoms with Crippen LogP contribution in [0.1, 0.15) is 10.4 Å². The summed E-state index contributed by atoms with van der Waals surface area (Å²) in [5, 5.41) is 1.04. The second kappa shape index (κ2) is 9.12. The van der Waals surface area contributed by atoms with Crippen molar-refractivity contribution in [2.45, 2.75) is 0 Å². The van der Waals surface area contributed by atoms with E-state index in [4.69, 9.17) is 4.74 Å². The van der Waals surface area contributed by atoms with Gasteiger partial charge < -0.3 is 19.1 Å². The van der Waals surface area contributed by atoms with Gasteiger partial charge in [0.15, 0.2) is 0 Å². The Balaban J connectivity index is 1.36. The minimum absolute atomic E-state index is 0.221. The molecular weight excluding hydrogens is 410 g/mol. The minimum Gasteiger partial charge on any atom is -0.497 e. The van der Waals surface area contributed by atoms with E-state index in [0.29, 0.717) is 6.54 Å². The molecule has 1 fully saturated rings. The number of hydrogen-bond acceptors (Lipinski definition) is 3. The molecule has 5 nitrogen and oxygen atoms in total. The number of ketones is 1. The summed E-state index contributed by atoms with van der Waals surface area (Å²) in [7, 11) is 3.75. The van der Waals surface area contributed by atoms with Gasteiger partial charge in [-0.1, -0.05) is 48.5 Å². The van der Waals surface area contributed by atoms with E-state index in [0.717, 1.165) is 59.7 Å². The fourth-order valence-corrected chi connectivity index (χ4v) is 4.98. The summed E-state index contributed by atoms with van der Waals surface area (Å²) in [6.07, 6.45) is 0. The number of piperazine rings is 1. The first-order valence-electron chi connectivity index (χ1n) is 11.5. The number of nitrogens with zero attached hydrogens (tertiary/aromatic N) is 2. The SMILES string of the molecule is COc1ccc(N2CC[NH+](CC(=O)c3c(-c4ccccc4)n(C)c4ccccc34)CC2)cc1. The third-order valence-corrected chi connectivity index (χ3v) is 6.75. The number of para-hydroxylation sites is 1. The normalized spacial score (nSPS) is 14.5. The Labute approximate surface area is 194 Å². The quantitative estimate of drug-likeness (QED) is 0.467. The number of ether oxygens (including phenoxy) is 1. The number of rotatable bonds is 6. The van der Waals surface area contributed by atoms with Gasteiger partial charge in [0, 0.05) is 23.6 Å². The van der Waals surface area contributed by atoms with Crippen molar-refractivity contribution in [2.75, 3.05) is 44.7 Å². The molecule has 168 valence electrons. The Hall–Kier alpha value is -3.57. The van der Waals surface area contributed by atoms with E-state index in [2.05, 4.69) is 52.9 Å². The molecule has 5 heteroatoms. The van der Waals surface area contributed by atoms with Crippen LogP contribution < -0.4 is 14.5 Å². The maximum absolute atomic E-state index is 13.7. The molecule has 0 atom stereocenters. The van der Waals surface area contributed by atoms with E-state index >= 15 is 0 Å². The van der Waals surface area contributed by atoms with E-state index in [-0.39, 0.29) is 5.78 Å². The van der Waals surface area contributed by atoms with Crippen LogP contribution in [0.2, 0.25) is 0 Å². The summed E-state index contributed by atoms with van der Waals surface area (Å²) in [4.78, 5) is 17.4. The number of aryl methyl sites for hydroxylation is 1. The Morgan fingerprint density at radius 2 is 1.58 bits per heavy atom. The molecule has 5 rings (SSSR count). The number of hydrogen-bond donors (Lipinski definition) is 1. The van der Waals surface area contributed by atoms with Gasteiger partial charge in [0.2, 0.25) is 5.78 Å². The van der Waals surface area contributed by atoms with E-state index in [9.17, 15) is 4.79 Å². The predicted octanol–water partition coefficient (Wildman–Crippen LogP) is 3.44. The van der Waals surface area contributed by atoms with Crippen LogP contribution in [0.4, 0.5) is 5.69 Å². The van der Waals surface area contributed by atoms with Gasteiger partial charge in [-0.15, -0.1) is 0 Å². The van der Waals surface area contributed by atoms with Gasteiger partial charge in [0.25, 0.3) is 0 Å². The topological polar surface area (TPSA) is 38.9 Å². The molecule has 1 aliphatic rings. The smallest absolute Gasteiger partial charge is 0.219 e. The average Bonchev–Trinajstić information content (AvgIpc) is 3.18. The standard InChI is InChI=1S/C28H29N3O2/c1-29-25-11-7-6-10-24(25)27(28(29)21-8-4-3-5-9-21)26(32)20-30-16-18-31(19-17-30)22-12-14-23(33-2)15-13-22/h3-15H,16-20H2,1-2H3/p+1. The second-order valence-corrected chi connectivity index (χ2v) is 8.70. The van der Waals surface area contributed by atoms with Crippen molar-refractivity contribution in [3.63, 3.8) is 0 Å². The first-order valence-corrected chi connectivity index (χ1v) is 11.5. The molecule has 0 radical (unpaired) electrons. The van der Waals surface area contributed by atoms with Crippen molar-refractivity contribution in [3.8, 4) is 17.0 Å². The lowest BCUT2D eigenvalue weighted by Crippen LogP contribution is -3.15. The van der Waals surface area contributed by atoms with Gasteiger partial charge in [-0.25, -0.2) is 0 Å². The molecule has 33 heavy (non-hydrogen) atoms. The minimum atomic E-state index is 0.221. The highest BCUT2D eigenvalue weighted by Gasteiger charge is 2.27. The van der Waals surface area contributed by atoms with Crippen LogP contribution in [0.5, 0.6) is 5.75 Å². The number of methoxy groups -OCH3 is 1. The summed E-state index contributed by atoms with van der Waals surface area (Å²) < 4.78 is 7.43. The van der Waals surface area contributed by atoms with Crippen molar-refractivity contribution < 1.29 is 14.4 Å². The molecule has 3 aromatic carbocycles. The first-order chi connectivity index (χ1) is 16.2. The number of carbonyl (C=O) groups is 1.